The SMILES string of the molecule is CCOC(=O)CC(=O)NNc1nc(Cl)nc2c(OC)cccc12. The molecule has 0 saturated heterocycles. The summed E-state index contributed by atoms with van der Waals surface area (Å²) in [6, 6.07) is 5.23. The normalized spacial score (nSPS) is 10.2. The third-order valence-corrected chi connectivity index (χ3v) is 2.98. The average molecular weight is 339 g/mol. The lowest BCUT2D eigenvalue weighted by Gasteiger charge is -2.11. The Kier molecular flexibility index (Phi) is 5.53. The molecule has 23 heavy (non-hydrogen) atoms. The molecule has 1 aromatic heterocycles. The molecule has 1 amide bonds. The fourth-order valence-electron chi connectivity index (χ4n) is 1.87. The number of hydrogen-bond donors (Lipinski definition) is 2. The maximum Gasteiger partial charge on any atom is 0.315 e. The number of halogens is 1. The molecule has 0 bridgehead atoms. The molecule has 0 radical (unpaired) electrons. The lowest BCUT2D eigenvalue weighted by Crippen LogP contribution is -2.32. The van der Waals surface area contributed by atoms with E-state index in [1.165, 1.54) is 7.11 Å². The van der Waals surface area contributed by atoms with E-state index in [4.69, 9.17) is 21.1 Å². The van der Waals surface area contributed by atoms with Crippen LogP contribution in [0.5, 0.6) is 5.75 Å². The number of benzene rings is 1. The second-order valence-electron chi connectivity index (χ2n) is 4.35. The Morgan fingerprint density at radius 2 is 2.09 bits per heavy atom. The van der Waals surface area contributed by atoms with Gasteiger partial charge in [-0.3, -0.25) is 20.4 Å². The van der Waals surface area contributed by atoms with E-state index in [0.717, 1.165) is 0 Å². The van der Waals surface area contributed by atoms with E-state index in [0.29, 0.717) is 16.7 Å². The Bertz CT molecular complexity index is 738. The van der Waals surface area contributed by atoms with Crippen LogP contribution in [-0.4, -0.2) is 35.6 Å². The first kappa shape index (κ1) is 16.8. The highest BCUT2D eigenvalue weighted by Crippen LogP contribution is 2.28. The van der Waals surface area contributed by atoms with Crippen LogP contribution in [0.25, 0.3) is 10.9 Å². The van der Waals surface area contributed by atoms with Crippen LogP contribution in [0.4, 0.5) is 5.82 Å². The Labute approximate surface area is 137 Å². The van der Waals surface area contributed by atoms with Crippen molar-refractivity contribution in [3.05, 3.63) is 23.5 Å². The van der Waals surface area contributed by atoms with Crippen molar-refractivity contribution in [2.45, 2.75) is 13.3 Å². The van der Waals surface area contributed by atoms with Gasteiger partial charge in [0.1, 0.15) is 17.7 Å². The van der Waals surface area contributed by atoms with Gasteiger partial charge in [0.25, 0.3) is 0 Å². The van der Waals surface area contributed by atoms with Gasteiger partial charge in [0, 0.05) is 5.39 Å². The van der Waals surface area contributed by atoms with Crippen LogP contribution in [0.1, 0.15) is 13.3 Å². The van der Waals surface area contributed by atoms with Crippen LogP contribution in [0.15, 0.2) is 18.2 Å². The number of fused-ring (bicyclic) bond motifs is 1. The largest absolute Gasteiger partial charge is 0.494 e. The van der Waals surface area contributed by atoms with Gasteiger partial charge in [0.05, 0.1) is 13.7 Å². The van der Waals surface area contributed by atoms with E-state index in [2.05, 4.69) is 20.8 Å². The summed E-state index contributed by atoms with van der Waals surface area (Å²) in [4.78, 5) is 31.0. The number of carbonyl (C=O) groups excluding carboxylic acids is 2. The molecular formula is C14H15ClN4O4. The number of ether oxygens (including phenoxy) is 2. The van der Waals surface area contributed by atoms with Gasteiger partial charge in [0.15, 0.2) is 5.82 Å². The van der Waals surface area contributed by atoms with Crippen LogP contribution >= 0.6 is 11.6 Å². The summed E-state index contributed by atoms with van der Waals surface area (Å²) in [5, 5.41) is 0.592. The number of nitrogens with zero attached hydrogens (tertiary/aromatic N) is 2. The molecule has 2 N–H and O–H groups in total. The van der Waals surface area contributed by atoms with Gasteiger partial charge in [-0.05, 0) is 30.7 Å². The second kappa shape index (κ2) is 7.59. The Morgan fingerprint density at radius 1 is 1.30 bits per heavy atom. The van der Waals surface area contributed by atoms with Crippen molar-refractivity contribution in [2.24, 2.45) is 0 Å². The summed E-state index contributed by atoms with van der Waals surface area (Å²) in [5.74, 6) is -0.364. The minimum absolute atomic E-state index is 0.0101. The summed E-state index contributed by atoms with van der Waals surface area (Å²) < 4.78 is 9.91. The van der Waals surface area contributed by atoms with Gasteiger partial charge in [-0.25, -0.2) is 4.98 Å². The molecule has 1 aromatic carbocycles. The fraction of sp³-hybridized carbons (Fsp3) is 0.286. The van der Waals surface area contributed by atoms with Crippen molar-refractivity contribution >= 4 is 40.2 Å². The molecule has 9 heteroatoms. The standard InChI is InChI=1S/C14H15ClN4O4/c1-3-23-11(21)7-10(20)18-19-13-8-5-4-6-9(22-2)12(8)16-14(15)17-13/h4-6H,3,7H2,1-2H3,(H,18,20)(H,16,17,19). The molecule has 122 valence electrons. The van der Waals surface area contributed by atoms with Crippen LogP contribution in [0, 0.1) is 0 Å². The highest BCUT2D eigenvalue weighted by atomic mass is 35.5. The summed E-state index contributed by atoms with van der Waals surface area (Å²) in [6.45, 7) is 1.88. The molecule has 0 atom stereocenters. The molecule has 0 spiro atoms. The lowest BCUT2D eigenvalue weighted by atomic mass is 10.2. The van der Waals surface area contributed by atoms with Gasteiger partial charge in [0.2, 0.25) is 11.2 Å². The molecule has 1 heterocycles. The predicted octanol–water partition coefficient (Wildman–Crippen LogP) is 1.69. The highest BCUT2D eigenvalue weighted by molar-refractivity contribution is 6.29. The number of para-hydroxylation sites is 1. The van der Waals surface area contributed by atoms with Crippen LogP contribution in [0.3, 0.4) is 0 Å². The van der Waals surface area contributed by atoms with Crippen molar-refractivity contribution in [1.82, 2.24) is 15.4 Å². The smallest absolute Gasteiger partial charge is 0.315 e. The number of rotatable bonds is 6. The monoisotopic (exact) mass is 338 g/mol. The number of amides is 1. The van der Waals surface area contributed by atoms with Gasteiger partial charge < -0.3 is 9.47 Å². The van der Waals surface area contributed by atoms with Crippen LogP contribution in [-0.2, 0) is 14.3 Å². The minimum atomic E-state index is -0.612. The molecule has 0 aliphatic rings. The van der Waals surface area contributed by atoms with Crippen molar-refractivity contribution < 1.29 is 19.1 Å². The van der Waals surface area contributed by atoms with Gasteiger partial charge >= 0.3 is 5.97 Å². The van der Waals surface area contributed by atoms with Gasteiger partial charge in [-0.15, -0.1) is 0 Å². The number of hydrogen-bond acceptors (Lipinski definition) is 7. The number of aromatic nitrogens is 2. The molecule has 0 aliphatic carbocycles. The Morgan fingerprint density at radius 3 is 2.78 bits per heavy atom. The van der Waals surface area contributed by atoms with Crippen LogP contribution in [0.2, 0.25) is 5.28 Å². The zero-order chi connectivity index (χ0) is 16.8. The maximum absolute atomic E-state index is 11.7. The molecule has 0 unspecified atom stereocenters. The number of methoxy groups -OCH3 is 1. The van der Waals surface area contributed by atoms with E-state index in [1.54, 1.807) is 25.1 Å². The van der Waals surface area contributed by atoms with Crippen LogP contribution < -0.4 is 15.6 Å². The molecule has 0 saturated carbocycles. The zero-order valence-electron chi connectivity index (χ0n) is 12.6. The third kappa shape index (κ3) is 4.19. The predicted molar refractivity (Wildman–Crippen MR) is 84.1 cm³/mol. The average Bonchev–Trinajstić information content (AvgIpc) is 2.52. The van der Waals surface area contributed by atoms with E-state index < -0.39 is 18.3 Å². The van der Waals surface area contributed by atoms with E-state index in [1.807, 2.05) is 0 Å². The van der Waals surface area contributed by atoms with Crippen molar-refractivity contribution in [3.8, 4) is 5.75 Å². The minimum Gasteiger partial charge on any atom is -0.494 e. The number of nitrogens with one attached hydrogen (secondary N) is 2. The molecule has 0 aliphatic heterocycles. The number of esters is 1. The highest BCUT2D eigenvalue weighted by Gasteiger charge is 2.13. The maximum atomic E-state index is 11.7. The summed E-state index contributed by atoms with van der Waals surface area (Å²) >= 11 is 5.89. The number of hydrazine groups is 1. The lowest BCUT2D eigenvalue weighted by molar-refractivity contribution is -0.145. The Hall–Kier alpha value is -2.61. The number of anilines is 1. The van der Waals surface area contributed by atoms with Gasteiger partial charge in [-0.1, -0.05) is 6.07 Å². The van der Waals surface area contributed by atoms with E-state index >= 15 is 0 Å². The summed E-state index contributed by atoms with van der Waals surface area (Å²) in [5.41, 5.74) is 5.49. The van der Waals surface area contributed by atoms with Crippen molar-refractivity contribution in [3.63, 3.8) is 0 Å². The topological polar surface area (TPSA) is 102 Å². The van der Waals surface area contributed by atoms with E-state index in [9.17, 15) is 9.59 Å². The summed E-state index contributed by atoms with van der Waals surface area (Å²) in [6.07, 6.45) is -0.402. The first-order valence-corrected chi connectivity index (χ1v) is 7.13. The van der Waals surface area contributed by atoms with E-state index in [-0.39, 0.29) is 17.7 Å². The molecule has 2 rings (SSSR count). The number of carbonyl (C=O) groups is 2. The zero-order valence-corrected chi connectivity index (χ0v) is 13.3. The quantitative estimate of drug-likeness (QED) is 0.357. The second-order valence-corrected chi connectivity index (χ2v) is 4.69. The summed E-state index contributed by atoms with van der Waals surface area (Å²) in [7, 11) is 1.51. The van der Waals surface area contributed by atoms with Gasteiger partial charge in [-0.2, -0.15) is 4.98 Å². The van der Waals surface area contributed by atoms with Crippen molar-refractivity contribution in [1.29, 1.82) is 0 Å². The Balaban J connectivity index is 2.17. The third-order valence-electron chi connectivity index (χ3n) is 2.81. The molecule has 0 fully saturated rings. The molecule has 2 aromatic rings. The first-order chi connectivity index (χ1) is 11.0. The molecule has 8 nitrogen and oxygen atoms in total. The fourth-order valence-corrected chi connectivity index (χ4v) is 2.04. The van der Waals surface area contributed by atoms with Crippen molar-refractivity contribution in [2.75, 3.05) is 19.1 Å². The molecular weight excluding hydrogens is 324 g/mol. The first-order valence-electron chi connectivity index (χ1n) is 6.76.